The summed E-state index contributed by atoms with van der Waals surface area (Å²) in [6, 6.07) is 0. The van der Waals surface area contributed by atoms with Gasteiger partial charge in [-0.25, -0.2) is 14.6 Å². The molecule has 3 N–H and O–H groups in total. The average Bonchev–Trinajstić information content (AvgIpc) is 2.47. The summed E-state index contributed by atoms with van der Waals surface area (Å²) in [5.74, 6) is 6.17. The van der Waals surface area contributed by atoms with Crippen molar-refractivity contribution in [2.45, 2.75) is 25.7 Å². The van der Waals surface area contributed by atoms with Gasteiger partial charge in [0.15, 0.2) is 0 Å². The molecule has 0 bridgehead atoms. The smallest absolute Gasteiger partial charge is 0.255 e. The van der Waals surface area contributed by atoms with Gasteiger partial charge in [-0.05, 0) is 19.3 Å². The zero-order valence-electron chi connectivity index (χ0n) is 11.4. The van der Waals surface area contributed by atoms with Crippen LogP contribution in [0.25, 0.3) is 0 Å². The number of halogens is 2. The Balaban J connectivity index is 2.23. The molecule has 2 heterocycles. The molecule has 1 aliphatic heterocycles. The summed E-state index contributed by atoms with van der Waals surface area (Å²) in [5.41, 5.74) is 2.35. The van der Waals surface area contributed by atoms with Crippen molar-refractivity contribution in [3.05, 3.63) is 0 Å². The van der Waals surface area contributed by atoms with Crippen molar-refractivity contribution in [1.29, 1.82) is 0 Å². The van der Waals surface area contributed by atoms with Gasteiger partial charge in [0.25, 0.3) is 6.43 Å². The van der Waals surface area contributed by atoms with E-state index in [1.165, 1.54) is 18.4 Å². The first-order valence-electron chi connectivity index (χ1n) is 6.57. The minimum Gasteiger partial charge on any atom is -0.341 e. The third-order valence-electron chi connectivity index (χ3n) is 3.13. The van der Waals surface area contributed by atoms with Crippen LogP contribution in [0.1, 0.15) is 19.3 Å². The number of piperidine rings is 1. The monoisotopic (exact) mass is 287 g/mol. The zero-order chi connectivity index (χ0) is 14.5. The number of alkyl halides is 2. The molecular formula is C11H19F2N7. The summed E-state index contributed by atoms with van der Waals surface area (Å²) in [7, 11) is 1.52. The molecule has 0 atom stereocenters. The van der Waals surface area contributed by atoms with Crippen LogP contribution in [0.2, 0.25) is 0 Å². The summed E-state index contributed by atoms with van der Waals surface area (Å²) in [4.78, 5) is 15.8. The van der Waals surface area contributed by atoms with E-state index in [4.69, 9.17) is 5.84 Å². The Kier molecular flexibility index (Phi) is 4.83. The van der Waals surface area contributed by atoms with Gasteiger partial charge in [0.2, 0.25) is 17.8 Å². The minimum absolute atomic E-state index is 0.177. The minimum atomic E-state index is -2.45. The van der Waals surface area contributed by atoms with Gasteiger partial charge in [0.1, 0.15) is 0 Å². The van der Waals surface area contributed by atoms with Crippen molar-refractivity contribution in [3.8, 4) is 0 Å². The number of rotatable bonds is 5. The number of nitrogens with zero attached hydrogens (tertiary/aromatic N) is 5. The van der Waals surface area contributed by atoms with E-state index in [9.17, 15) is 8.78 Å². The number of anilines is 3. The van der Waals surface area contributed by atoms with E-state index in [1.54, 1.807) is 0 Å². The van der Waals surface area contributed by atoms with E-state index >= 15 is 0 Å². The molecule has 1 aromatic heterocycles. The molecule has 20 heavy (non-hydrogen) atoms. The molecule has 9 heteroatoms. The number of hydrogen-bond donors (Lipinski definition) is 2. The predicted octanol–water partition coefficient (Wildman–Crippen LogP) is 0.849. The summed E-state index contributed by atoms with van der Waals surface area (Å²) in [6.07, 6.45) is 0.866. The molecule has 1 aromatic rings. The first kappa shape index (κ1) is 14.6. The van der Waals surface area contributed by atoms with Gasteiger partial charge in [0, 0.05) is 20.1 Å². The SMILES string of the molecule is CN(CC(F)F)c1nc(NN)nc(N2CCCCC2)n1. The summed E-state index contributed by atoms with van der Waals surface area (Å²) in [6.45, 7) is 1.27. The first-order valence-corrected chi connectivity index (χ1v) is 6.57. The molecule has 1 fully saturated rings. The highest BCUT2D eigenvalue weighted by Crippen LogP contribution is 2.19. The molecule has 0 saturated carbocycles. The molecule has 7 nitrogen and oxygen atoms in total. The highest BCUT2D eigenvalue weighted by Gasteiger charge is 2.18. The topological polar surface area (TPSA) is 83.2 Å². The normalized spacial score (nSPS) is 15.6. The van der Waals surface area contributed by atoms with Crippen molar-refractivity contribution in [3.63, 3.8) is 0 Å². The number of hydrogen-bond acceptors (Lipinski definition) is 7. The van der Waals surface area contributed by atoms with E-state index in [2.05, 4.69) is 20.4 Å². The van der Waals surface area contributed by atoms with Gasteiger partial charge >= 0.3 is 0 Å². The van der Waals surface area contributed by atoms with E-state index < -0.39 is 13.0 Å². The Morgan fingerprint density at radius 3 is 2.55 bits per heavy atom. The maximum Gasteiger partial charge on any atom is 0.255 e. The fourth-order valence-electron chi connectivity index (χ4n) is 2.11. The fourth-order valence-corrected chi connectivity index (χ4v) is 2.11. The Labute approximate surface area is 116 Å². The lowest BCUT2D eigenvalue weighted by molar-refractivity contribution is 0.156. The summed E-state index contributed by atoms with van der Waals surface area (Å²) < 4.78 is 24.9. The van der Waals surface area contributed by atoms with E-state index in [0.29, 0.717) is 5.95 Å². The molecule has 112 valence electrons. The number of nitrogen functional groups attached to an aromatic ring is 1. The van der Waals surface area contributed by atoms with Crippen LogP contribution in [0.15, 0.2) is 0 Å². The second-order valence-corrected chi connectivity index (χ2v) is 4.72. The van der Waals surface area contributed by atoms with Crippen LogP contribution < -0.4 is 21.1 Å². The van der Waals surface area contributed by atoms with Gasteiger partial charge in [-0.15, -0.1) is 0 Å². The lowest BCUT2D eigenvalue weighted by atomic mass is 10.1. The highest BCUT2D eigenvalue weighted by atomic mass is 19.3. The second-order valence-electron chi connectivity index (χ2n) is 4.72. The van der Waals surface area contributed by atoms with E-state index in [0.717, 1.165) is 25.9 Å². The van der Waals surface area contributed by atoms with Crippen LogP contribution in [0, 0.1) is 0 Å². The molecule has 0 aliphatic carbocycles. The molecule has 1 aliphatic rings. The van der Waals surface area contributed by atoms with Crippen LogP contribution >= 0.6 is 0 Å². The molecule has 0 radical (unpaired) electrons. The predicted molar refractivity (Wildman–Crippen MR) is 73.0 cm³/mol. The third kappa shape index (κ3) is 3.62. The van der Waals surface area contributed by atoms with E-state index in [-0.39, 0.29) is 11.9 Å². The van der Waals surface area contributed by atoms with Crippen molar-refractivity contribution < 1.29 is 8.78 Å². The molecule has 0 amide bonds. The Hall–Kier alpha value is -1.77. The maximum atomic E-state index is 12.4. The van der Waals surface area contributed by atoms with Crippen LogP contribution in [0.4, 0.5) is 26.6 Å². The summed E-state index contributed by atoms with van der Waals surface area (Å²) in [5, 5.41) is 0. The highest BCUT2D eigenvalue weighted by molar-refractivity contribution is 5.44. The van der Waals surface area contributed by atoms with Gasteiger partial charge in [-0.3, -0.25) is 5.43 Å². The van der Waals surface area contributed by atoms with E-state index in [1.807, 2.05) is 4.90 Å². The number of nitrogens with one attached hydrogen (secondary N) is 1. The van der Waals surface area contributed by atoms with Crippen LogP contribution in [0.3, 0.4) is 0 Å². The number of nitrogens with two attached hydrogens (primary N) is 1. The van der Waals surface area contributed by atoms with Crippen LogP contribution in [0.5, 0.6) is 0 Å². The average molecular weight is 287 g/mol. The van der Waals surface area contributed by atoms with Gasteiger partial charge in [-0.2, -0.15) is 15.0 Å². The molecule has 1 saturated heterocycles. The van der Waals surface area contributed by atoms with Crippen molar-refractivity contribution in [2.24, 2.45) is 5.84 Å². The third-order valence-corrected chi connectivity index (χ3v) is 3.13. The molecule has 0 unspecified atom stereocenters. The lowest BCUT2D eigenvalue weighted by Gasteiger charge is -2.27. The number of hydrazine groups is 1. The van der Waals surface area contributed by atoms with Crippen molar-refractivity contribution >= 4 is 17.8 Å². The Morgan fingerprint density at radius 1 is 1.25 bits per heavy atom. The quantitative estimate of drug-likeness (QED) is 0.613. The standard InChI is InChI=1S/C11H19F2N7/c1-19(7-8(12)13)10-15-9(18-14)16-11(17-10)20-5-3-2-4-6-20/h8H,2-7,14H2,1H3,(H,15,16,17,18). The van der Waals surface area contributed by atoms with Crippen molar-refractivity contribution in [1.82, 2.24) is 15.0 Å². The molecule has 0 aromatic carbocycles. The molecule has 2 rings (SSSR count). The largest absolute Gasteiger partial charge is 0.341 e. The first-order chi connectivity index (χ1) is 9.60. The fraction of sp³-hybridized carbons (Fsp3) is 0.727. The van der Waals surface area contributed by atoms with Gasteiger partial charge in [-0.1, -0.05) is 0 Å². The van der Waals surface area contributed by atoms with Gasteiger partial charge < -0.3 is 9.80 Å². The Bertz CT molecular complexity index is 437. The van der Waals surface area contributed by atoms with Crippen LogP contribution in [-0.2, 0) is 0 Å². The maximum absolute atomic E-state index is 12.4. The zero-order valence-corrected chi connectivity index (χ0v) is 11.4. The van der Waals surface area contributed by atoms with Crippen LogP contribution in [-0.4, -0.2) is 48.1 Å². The number of aromatic nitrogens is 3. The second kappa shape index (κ2) is 6.60. The molecule has 0 spiro atoms. The summed E-state index contributed by atoms with van der Waals surface area (Å²) >= 11 is 0. The van der Waals surface area contributed by atoms with Gasteiger partial charge in [0.05, 0.1) is 6.54 Å². The molecular weight excluding hydrogens is 268 g/mol. The Morgan fingerprint density at radius 2 is 1.95 bits per heavy atom. The lowest BCUT2D eigenvalue weighted by Crippen LogP contribution is -2.33. The van der Waals surface area contributed by atoms with Crippen molar-refractivity contribution in [2.75, 3.05) is 41.9 Å².